The van der Waals surface area contributed by atoms with Crippen molar-refractivity contribution in [2.24, 2.45) is 5.92 Å². The number of benzene rings is 2. The normalized spacial score (nSPS) is 22.5. The molecule has 1 heteroatoms. The molecule has 2 atom stereocenters. The zero-order valence-corrected chi connectivity index (χ0v) is 12.3. The van der Waals surface area contributed by atoms with Crippen molar-refractivity contribution >= 4 is 14.7 Å². The third kappa shape index (κ3) is 3.16. The van der Waals surface area contributed by atoms with Crippen LogP contribution in [0, 0.1) is 5.92 Å². The Morgan fingerprint density at radius 1 is 0.842 bits per heavy atom. The second kappa shape index (κ2) is 6.20. The van der Waals surface area contributed by atoms with E-state index < -0.39 is 0 Å². The molecule has 19 heavy (non-hydrogen) atoms. The molecule has 0 nitrogen and oxygen atoms in total. The summed E-state index contributed by atoms with van der Waals surface area (Å²) < 4.78 is 0. The maximum atomic E-state index is 2.31. The first kappa shape index (κ1) is 12.7. The van der Waals surface area contributed by atoms with Crippen molar-refractivity contribution in [2.45, 2.75) is 31.2 Å². The molecule has 1 saturated carbocycles. The third-order valence-electron chi connectivity index (χ3n) is 4.23. The fourth-order valence-electron chi connectivity index (χ4n) is 3.23. The molecule has 2 aromatic rings. The minimum absolute atomic E-state index is 0.803. The van der Waals surface area contributed by atoms with Crippen molar-refractivity contribution in [3.8, 4) is 0 Å². The average Bonchev–Trinajstić information content (AvgIpc) is 2.95. The lowest BCUT2D eigenvalue weighted by molar-refractivity contribution is 0.532. The molecule has 96 valence electrons. The van der Waals surface area contributed by atoms with E-state index in [9.17, 15) is 0 Å². The first-order valence-corrected chi connectivity index (χ1v) is 8.48. The third-order valence-corrected chi connectivity index (χ3v) is 5.70. The Morgan fingerprint density at radius 3 is 2.26 bits per heavy atom. The van der Waals surface area contributed by atoms with Gasteiger partial charge >= 0.3 is 0 Å². The molecule has 0 aliphatic heterocycles. The maximum Gasteiger partial charge on any atom is 0.0811 e. The largest absolute Gasteiger partial charge is 0.0811 e. The van der Waals surface area contributed by atoms with Gasteiger partial charge in [0.1, 0.15) is 0 Å². The van der Waals surface area contributed by atoms with Gasteiger partial charge in [-0.1, -0.05) is 84.7 Å². The standard InChI is InChI=1S/C18H20Si/c1-3-8-15(9-4-1)18-13-7-10-16(18)14-19-17-11-5-2-6-12-17/h1-6,8-9,11-12,16,18H,7,10,13-14H2/t16-,18+/m1/s1. The van der Waals surface area contributed by atoms with E-state index >= 15 is 0 Å². The topological polar surface area (TPSA) is 0 Å². The summed E-state index contributed by atoms with van der Waals surface area (Å²) in [5.74, 6) is 1.69. The van der Waals surface area contributed by atoms with Crippen molar-refractivity contribution in [3.63, 3.8) is 0 Å². The fourth-order valence-corrected chi connectivity index (χ4v) is 4.64. The Kier molecular flexibility index (Phi) is 4.14. The Balaban J connectivity index is 1.64. The quantitative estimate of drug-likeness (QED) is 0.732. The van der Waals surface area contributed by atoms with Gasteiger partial charge in [-0.05, 0) is 23.8 Å². The van der Waals surface area contributed by atoms with E-state index in [4.69, 9.17) is 0 Å². The Labute approximate surface area is 118 Å². The summed E-state index contributed by atoms with van der Waals surface area (Å²) >= 11 is 0. The minimum Gasteiger partial charge on any atom is -0.0642 e. The molecule has 0 aromatic heterocycles. The van der Waals surface area contributed by atoms with Gasteiger partial charge in [0.2, 0.25) is 0 Å². The van der Waals surface area contributed by atoms with Crippen LogP contribution in [0.1, 0.15) is 30.7 Å². The second-order valence-corrected chi connectivity index (χ2v) is 6.79. The highest BCUT2D eigenvalue weighted by molar-refractivity contribution is 6.53. The first-order valence-electron chi connectivity index (χ1n) is 7.27. The van der Waals surface area contributed by atoms with Crippen LogP contribution < -0.4 is 5.19 Å². The molecule has 0 spiro atoms. The number of rotatable bonds is 4. The van der Waals surface area contributed by atoms with Crippen molar-refractivity contribution < 1.29 is 0 Å². The molecule has 1 aliphatic rings. The van der Waals surface area contributed by atoms with E-state index in [2.05, 4.69) is 60.7 Å². The van der Waals surface area contributed by atoms with Crippen LogP contribution in [0.2, 0.25) is 6.04 Å². The van der Waals surface area contributed by atoms with Crippen LogP contribution in [0.25, 0.3) is 0 Å². The zero-order chi connectivity index (χ0) is 12.9. The summed E-state index contributed by atoms with van der Waals surface area (Å²) in [6.07, 6.45) is 4.21. The monoisotopic (exact) mass is 264 g/mol. The molecule has 0 N–H and O–H groups in total. The van der Waals surface area contributed by atoms with Crippen LogP contribution >= 0.6 is 0 Å². The highest BCUT2D eigenvalue weighted by atomic mass is 28.2. The van der Waals surface area contributed by atoms with E-state index in [1.54, 1.807) is 5.56 Å². The number of hydrogen-bond acceptors (Lipinski definition) is 0. The molecule has 0 saturated heterocycles. The van der Waals surface area contributed by atoms with Crippen LogP contribution in [0.5, 0.6) is 0 Å². The first-order chi connectivity index (χ1) is 9.43. The zero-order valence-electron chi connectivity index (χ0n) is 11.3. The van der Waals surface area contributed by atoms with Gasteiger partial charge in [0.25, 0.3) is 0 Å². The van der Waals surface area contributed by atoms with E-state index in [0.29, 0.717) is 0 Å². The predicted molar refractivity (Wildman–Crippen MR) is 83.2 cm³/mol. The van der Waals surface area contributed by atoms with Crippen LogP contribution in [0.3, 0.4) is 0 Å². The van der Waals surface area contributed by atoms with E-state index in [0.717, 1.165) is 21.4 Å². The molecule has 2 radical (unpaired) electrons. The molecular formula is C18H20Si. The van der Waals surface area contributed by atoms with E-state index in [1.165, 1.54) is 30.5 Å². The lowest BCUT2D eigenvalue weighted by Gasteiger charge is -2.19. The summed E-state index contributed by atoms with van der Waals surface area (Å²) in [4.78, 5) is 0. The molecular weight excluding hydrogens is 244 g/mol. The fraction of sp³-hybridized carbons (Fsp3) is 0.333. The average molecular weight is 264 g/mol. The van der Waals surface area contributed by atoms with Gasteiger partial charge in [-0.25, -0.2) is 0 Å². The predicted octanol–water partition coefficient (Wildman–Crippen LogP) is 4.02. The van der Waals surface area contributed by atoms with Crippen molar-refractivity contribution in [2.75, 3.05) is 0 Å². The summed E-state index contributed by atoms with van der Waals surface area (Å²) in [7, 11) is 0.969. The second-order valence-electron chi connectivity index (χ2n) is 5.46. The summed E-state index contributed by atoms with van der Waals surface area (Å²) in [6, 6.07) is 23.4. The Morgan fingerprint density at radius 2 is 1.53 bits per heavy atom. The van der Waals surface area contributed by atoms with E-state index in [1.807, 2.05) is 0 Å². The van der Waals surface area contributed by atoms with Gasteiger partial charge < -0.3 is 0 Å². The van der Waals surface area contributed by atoms with Crippen molar-refractivity contribution in [3.05, 3.63) is 66.2 Å². The van der Waals surface area contributed by atoms with Crippen LogP contribution in [-0.4, -0.2) is 9.52 Å². The molecule has 1 aliphatic carbocycles. The van der Waals surface area contributed by atoms with Gasteiger partial charge in [0.15, 0.2) is 0 Å². The Bertz CT molecular complexity index is 492. The van der Waals surface area contributed by atoms with Crippen molar-refractivity contribution in [1.82, 2.24) is 0 Å². The molecule has 2 aromatic carbocycles. The highest BCUT2D eigenvalue weighted by Crippen LogP contribution is 2.41. The summed E-state index contributed by atoms with van der Waals surface area (Å²) in [6.45, 7) is 0. The van der Waals surface area contributed by atoms with E-state index in [-0.39, 0.29) is 0 Å². The van der Waals surface area contributed by atoms with Crippen LogP contribution in [0.4, 0.5) is 0 Å². The maximum absolute atomic E-state index is 2.31. The lowest BCUT2D eigenvalue weighted by Crippen LogP contribution is -2.18. The van der Waals surface area contributed by atoms with Gasteiger partial charge in [0.05, 0.1) is 9.52 Å². The molecule has 0 amide bonds. The molecule has 0 bridgehead atoms. The van der Waals surface area contributed by atoms with Crippen molar-refractivity contribution in [1.29, 1.82) is 0 Å². The van der Waals surface area contributed by atoms with Gasteiger partial charge in [-0.3, -0.25) is 0 Å². The lowest BCUT2D eigenvalue weighted by atomic mass is 9.90. The van der Waals surface area contributed by atoms with Gasteiger partial charge in [-0.15, -0.1) is 0 Å². The molecule has 1 fully saturated rings. The SMILES string of the molecule is c1ccc([Si]C[C@H]2CCC[C@H]2c2ccccc2)cc1. The Hall–Kier alpha value is -1.34. The minimum atomic E-state index is 0.803. The molecule has 0 heterocycles. The molecule has 3 rings (SSSR count). The summed E-state index contributed by atoms with van der Waals surface area (Å²) in [5.41, 5.74) is 1.56. The smallest absolute Gasteiger partial charge is 0.0642 e. The molecule has 0 unspecified atom stereocenters. The highest BCUT2D eigenvalue weighted by Gasteiger charge is 2.27. The van der Waals surface area contributed by atoms with Gasteiger partial charge in [0, 0.05) is 0 Å². The number of hydrogen-bond donors (Lipinski definition) is 0. The van der Waals surface area contributed by atoms with Crippen LogP contribution in [-0.2, 0) is 0 Å². The van der Waals surface area contributed by atoms with Gasteiger partial charge in [-0.2, -0.15) is 0 Å². The van der Waals surface area contributed by atoms with Crippen LogP contribution in [0.15, 0.2) is 60.7 Å². The summed E-state index contributed by atoms with van der Waals surface area (Å²) in [5, 5.41) is 1.52.